The van der Waals surface area contributed by atoms with Crippen molar-refractivity contribution in [3.8, 4) is 0 Å². The Morgan fingerprint density at radius 3 is 2.84 bits per heavy atom. The number of rotatable bonds is 3. The van der Waals surface area contributed by atoms with Crippen LogP contribution in [0, 0.1) is 5.92 Å². The molecule has 4 nitrogen and oxygen atoms in total. The molecule has 19 heavy (non-hydrogen) atoms. The molecule has 0 amide bonds. The van der Waals surface area contributed by atoms with Crippen LogP contribution in [0.4, 0.5) is 11.7 Å². The first-order valence-corrected chi connectivity index (χ1v) is 7.10. The van der Waals surface area contributed by atoms with E-state index in [0.29, 0.717) is 11.7 Å². The third-order valence-electron chi connectivity index (χ3n) is 4.02. The molecule has 0 radical (unpaired) electrons. The van der Waals surface area contributed by atoms with Crippen molar-refractivity contribution in [1.29, 1.82) is 0 Å². The van der Waals surface area contributed by atoms with Gasteiger partial charge in [0.05, 0.1) is 5.69 Å². The first kappa shape index (κ1) is 12.3. The van der Waals surface area contributed by atoms with Gasteiger partial charge in [0.2, 0.25) is 0 Å². The lowest BCUT2D eigenvalue weighted by Gasteiger charge is -2.25. The number of nitrogen functional groups attached to an aromatic ring is 1. The topological polar surface area (TPSA) is 55.3 Å². The van der Waals surface area contributed by atoms with Crippen LogP contribution in [0.5, 0.6) is 0 Å². The number of hydrogen-bond donors (Lipinski definition) is 1. The second-order valence-electron chi connectivity index (χ2n) is 5.57. The Bertz CT molecular complexity index is 558. The third kappa shape index (κ3) is 2.53. The second-order valence-corrected chi connectivity index (χ2v) is 5.57. The number of nitrogens with two attached hydrogens (primary N) is 1. The summed E-state index contributed by atoms with van der Waals surface area (Å²) in [5, 5.41) is 0. The lowest BCUT2D eigenvalue weighted by molar-refractivity contribution is 0.357. The molecule has 1 aliphatic carbocycles. The number of aromatic nitrogens is 1. The molecule has 1 fully saturated rings. The van der Waals surface area contributed by atoms with Crippen LogP contribution in [0.25, 0.3) is 11.1 Å². The van der Waals surface area contributed by atoms with Gasteiger partial charge in [0.15, 0.2) is 5.58 Å². The molecule has 1 aromatic carbocycles. The lowest BCUT2D eigenvalue weighted by Crippen LogP contribution is -2.26. The third-order valence-corrected chi connectivity index (χ3v) is 4.02. The average Bonchev–Trinajstić information content (AvgIpc) is 2.85. The van der Waals surface area contributed by atoms with E-state index in [1.54, 1.807) is 0 Å². The van der Waals surface area contributed by atoms with Crippen molar-refractivity contribution in [3.05, 3.63) is 18.2 Å². The Balaban J connectivity index is 1.77. The van der Waals surface area contributed by atoms with Gasteiger partial charge in [0.1, 0.15) is 5.52 Å². The van der Waals surface area contributed by atoms with Crippen LogP contribution in [-0.2, 0) is 0 Å². The van der Waals surface area contributed by atoms with Gasteiger partial charge in [-0.3, -0.25) is 0 Å². The maximum Gasteiger partial charge on any atom is 0.298 e. The minimum absolute atomic E-state index is 0.679. The Kier molecular flexibility index (Phi) is 3.32. The van der Waals surface area contributed by atoms with Crippen LogP contribution in [0.1, 0.15) is 32.1 Å². The molecular formula is C15H21N3O. The van der Waals surface area contributed by atoms with Crippen molar-refractivity contribution < 1.29 is 4.42 Å². The number of anilines is 2. The summed E-state index contributed by atoms with van der Waals surface area (Å²) in [7, 11) is 2.05. The highest BCUT2D eigenvalue weighted by atomic mass is 16.4. The number of oxazole rings is 1. The molecule has 0 saturated heterocycles. The molecule has 3 rings (SSSR count). The quantitative estimate of drug-likeness (QED) is 0.858. The summed E-state index contributed by atoms with van der Waals surface area (Å²) in [5.41, 5.74) is 8.13. The summed E-state index contributed by atoms with van der Waals surface area (Å²) in [6.45, 7) is 1.02. The minimum atomic E-state index is 0.679. The van der Waals surface area contributed by atoms with Gasteiger partial charge in [-0.05, 0) is 30.9 Å². The van der Waals surface area contributed by atoms with E-state index < -0.39 is 0 Å². The van der Waals surface area contributed by atoms with Gasteiger partial charge in [-0.25, -0.2) is 0 Å². The van der Waals surface area contributed by atoms with E-state index in [9.17, 15) is 0 Å². The van der Waals surface area contributed by atoms with Crippen molar-refractivity contribution in [2.24, 2.45) is 5.92 Å². The van der Waals surface area contributed by atoms with E-state index in [1.807, 2.05) is 18.2 Å². The molecule has 0 aliphatic heterocycles. The Labute approximate surface area is 113 Å². The van der Waals surface area contributed by atoms with E-state index in [-0.39, 0.29) is 0 Å². The fourth-order valence-corrected chi connectivity index (χ4v) is 2.96. The first-order chi connectivity index (χ1) is 9.24. The number of fused-ring (bicyclic) bond motifs is 1. The van der Waals surface area contributed by atoms with Crippen LogP contribution >= 0.6 is 0 Å². The summed E-state index contributed by atoms with van der Waals surface area (Å²) in [5.74, 6) is 0.770. The van der Waals surface area contributed by atoms with Crippen LogP contribution in [0.15, 0.2) is 22.6 Å². The molecule has 2 aromatic rings. The summed E-state index contributed by atoms with van der Waals surface area (Å²) < 4.78 is 5.79. The number of para-hydroxylation sites is 1. The number of hydrogen-bond acceptors (Lipinski definition) is 4. The molecule has 0 spiro atoms. The normalized spacial score (nSPS) is 16.9. The summed E-state index contributed by atoms with van der Waals surface area (Å²) in [6, 6.07) is 6.35. The van der Waals surface area contributed by atoms with Crippen LogP contribution in [0.2, 0.25) is 0 Å². The zero-order valence-corrected chi connectivity index (χ0v) is 11.4. The molecule has 1 aliphatic rings. The SMILES string of the molecule is CN(CC1CCCCC1)c1nc2c(N)cccc2o1. The van der Waals surface area contributed by atoms with E-state index in [1.165, 1.54) is 32.1 Å². The predicted molar refractivity (Wildman–Crippen MR) is 78.3 cm³/mol. The van der Waals surface area contributed by atoms with Crippen molar-refractivity contribution in [3.63, 3.8) is 0 Å². The average molecular weight is 259 g/mol. The second kappa shape index (κ2) is 5.11. The Morgan fingerprint density at radius 2 is 2.11 bits per heavy atom. The van der Waals surface area contributed by atoms with E-state index in [0.717, 1.165) is 23.6 Å². The minimum Gasteiger partial charge on any atom is -0.423 e. The zero-order valence-electron chi connectivity index (χ0n) is 11.4. The van der Waals surface area contributed by atoms with Crippen molar-refractivity contribution in [2.75, 3.05) is 24.2 Å². The first-order valence-electron chi connectivity index (χ1n) is 7.10. The van der Waals surface area contributed by atoms with Crippen molar-refractivity contribution in [2.45, 2.75) is 32.1 Å². The number of nitrogens with zero attached hydrogens (tertiary/aromatic N) is 2. The maximum atomic E-state index is 5.91. The molecular weight excluding hydrogens is 238 g/mol. The Morgan fingerprint density at radius 1 is 1.32 bits per heavy atom. The van der Waals surface area contributed by atoms with Gasteiger partial charge >= 0.3 is 0 Å². The monoisotopic (exact) mass is 259 g/mol. The predicted octanol–water partition coefficient (Wildman–Crippen LogP) is 3.43. The summed E-state index contributed by atoms with van der Waals surface area (Å²) >= 11 is 0. The molecule has 1 saturated carbocycles. The molecule has 1 heterocycles. The van der Waals surface area contributed by atoms with Gasteiger partial charge in [-0.2, -0.15) is 4.98 Å². The van der Waals surface area contributed by atoms with Gasteiger partial charge in [-0.15, -0.1) is 0 Å². The lowest BCUT2D eigenvalue weighted by atomic mass is 9.89. The van der Waals surface area contributed by atoms with E-state index in [2.05, 4.69) is 16.9 Å². The van der Waals surface area contributed by atoms with Gasteiger partial charge in [-0.1, -0.05) is 25.3 Å². The van der Waals surface area contributed by atoms with Gasteiger partial charge < -0.3 is 15.1 Å². The molecule has 1 aromatic heterocycles. The van der Waals surface area contributed by atoms with Gasteiger partial charge in [0, 0.05) is 13.6 Å². The highest BCUT2D eigenvalue weighted by molar-refractivity contribution is 5.86. The molecule has 4 heteroatoms. The Hall–Kier alpha value is -1.71. The van der Waals surface area contributed by atoms with Crippen LogP contribution in [-0.4, -0.2) is 18.6 Å². The van der Waals surface area contributed by atoms with Crippen molar-refractivity contribution >= 4 is 22.8 Å². The molecule has 0 unspecified atom stereocenters. The smallest absolute Gasteiger partial charge is 0.298 e. The molecule has 0 bridgehead atoms. The maximum absolute atomic E-state index is 5.91. The van der Waals surface area contributed by atoms with E-state index >= 15 is 0 Å². The molecule has 2 N–H and O–H groups in total. The highest BCUT2D eigenvalue weighted by Gasteiger charge is 2.18. The zero-order chi connectivity index (χ0) is 13.2. The highest BCUT2D eigenvalue weighted by Crippen LogP contribution is 2.28. The summed E-state index contributed by atoms with van der Waals surface area (Å²) in [6.07, 6.45) is 6.76. The number of benzene rings is 1. The van der Waals surface area contributed by atoms with Gasteiger partial charge in [0.25, 0.3) is 6.01 Å². The van der Waals surface area contributed by atoms with Crippen molar-refractivity contribution in [1.82, 2.24) is 4.98 Å². The van der Waals surface area contributed by atoms with Crippen LogP contribution < -0.4 is 10.6 Å². The van der Waals surface area contributed by atoms with E-state index in [4.69, 9.17) is 10.2 Å². The fourth-order valence-electron chi connectivity index (χ4n) is 2.96. The summed E-state index contributed by atoms with van der Waals surface area (Å²) in [4.78, 5) is 6.63. The molecule has 0 atom stereocenters. The fraction of sp³-hybridized carbons (Fsp3) is 0.533. The molecule has 102 valence electrons. The van der Waals surface area contributed by atoms with Crippen LogP contribution in [0.3, 0.4) is 0 Å². The standard InChI is InChI=1S/C15H21N3O/c1-18(10-11-6-3-2-4-7-11)15-17-14-12(16)8-5-9-13(14)19-15/h5,8-9,11H,2-4,6-7,10,16H2,1H3. The largest absolute Gasteiger partial charge is 0.423 e.